The van der Waals surface area contributed by atoms with Crippen LogP contribution in [0.3, 0.4) is 0 Å². The quantitative estimate of drug-likeness (QED) is 0.218. The molecule has 0 unspecified atom stereocenters. The Morgan fingerprint density at radius 3 is 2.00 bits per heavy atom. The van der Waals surface area contributed by atoms with Gasteiger partial charge >= 0.3 is 39.9 Å². The number of ether oxygens (including phenoxy) is 2. The molecule has 9 heteroatoms. The van der Waals surface area contributed by atoms with Gasteiger partial charge in [-0.1, -0.05) is 42.5 Å². The van der Waals surface area contributed by atoms with Crippen molar-refractivity contribution in [3.05, 3.63) is 111 Å². The average Bonchev–Trinajstić information content (AvgIpc) is 2.98. The van der Waals surface area contributed by atoms with Crippen molar-refractivity contribution < 1.29 is 50.1 Å². The first-order chi connectivity index (χ1) is 17.6. The summed E-state index contributed by atoms with van der Waals surface area (Å²) in [5, 5.41) is 0. The van der Waals surface area contributed by atoms with E-state index >= 15 is 0 Å². The molecule has 37 heavy (non-hydrogen) atoms. The Morgan fingerprint density at radius 1 is 0.919 bits per heavy atom. The van der Waals surface area contributed by atoms with E-state index in [2.05, 4.69) is 20.0 Å². The van der Waals surface area contributed by atoms with E-state index in [0.29, 0.717) is 25.3 Å². The van der Waals surface area contributed by atoms with Crippen LogP contribution in [0.25, 0.3) is 0 Å². The fourth-order valence-corrected chi connectivity index (χ4v) is 3.51. The molecule has 0 bridgehead atoms. The predicted molar refractivity (Wildman–Crippen MR) is 127 cm³/mol. The van der Waals surface area contributed by atoms with Crippen LogP contribution in [-0.2, 0) is 58.3 Å². The molecular formula is C28H27FeNO7. The molecule has 0 spiro atoms. The molecule has 2 aromatic carbocycles. The van der Waals surface area contributed by atoms with E-state index < -0.39 is 12.0 Å². The van der Waals surface area contributed by atoms with Crippen LogP contribution in [0, 0.1) is 45.1 Å². The number of amides is 1. The number of methoxy groups -OCH3 is 2. The molecule has 0 saturated heterocycles. The Hall–Kier alpha value is -3.08. The van der Waals surface area contributed by atoms with Gasteiger partial charge in [0.25, 0.3) is 0 Å². The Labute approximate surface area is 229 Å². The molecule has 2 aromatic rings. The fraction of sp³-hybridized carbons (Fsp3) is 0.250. The molecule has 194 valence electrons. The number of nitrogens with zero attached hydrogens (tertiary/aromatic N) is 1. The third-order valence-corrected chi connectivity index (χ3v) is 5.18. The van der Waals surface area contributed by atoms with Crippen LogP contribution >= 0.6 is 0 Å². The fourth-order valence-electron chi connectivity index (χ4n) is 3.51. The number of esters is 1. The van der Waals surface area contributed by atoms with E-state index in [1.807, 2.05) is 73.9 Å². The van der Waals surface area contributed by atoms with Crippen LogP contribution in [0.4, 0.5) is 0 Å². The van der Waals surface area contributed by atoms with Gasteiger partial charge in [-0.2, -0.15) is 0 Å². The standard InChI is InChI=1S/C25H27NO4.3CO.Fe/c1-29-22-15-13-20(14-16-22)18-26(24(27)21-11-7-4-8-12-21)23(25(28)30-2)17-19-9-5-3-6-10-19;3*1-2;/h3-7,9-11,13-16,23H,8,12,17-18H2,1-2H3;;;;/t23-;;;;/m0..../s1. The summed E-state index contributed by atoms with van der Waals surface area (Å²) in [7, 11) is 2.97. The zero-order valence-corrected chi connectivity index (χ0v) is 21.6. The minimum atomic E-state index is -0.723. The molecule has 0 N–H and O–H groups in total. The summed E-state index contributed by atoms with van der Waals surface area (Å²) in [5.74, 6) is 0.882. The van der Waals surface area contributed by atoms with Crippen molar-refractivity contribution >= 4 is 11.9 Å². The van der Waals surface area contributed by atoms with E-state index in [4.69, 9.17) is 23.4 Å². The average molecular weight is 545 g/mol. The molecule has 8 nitrogen and oxygen atoms in total. The maximum Gasteiger partial charge on any atom is 0 e. The second-order valence-electron chi connectivity index (χ2n) is 7.17. The molecule has 1 aliphatic carbocycles. The molecule has 3 rings (SSSR count). The van der Waals surface area contributed by atoms with Gasteiger partial charge in [-0.3, -0.25) is 4.79 Å². The minimum Gasteiger partial charge on any atom is 0 e. The van der Waals surface area contributed by atoms with Gasteiger partial charge in [0.1, 0.15) is 11.8 Å². The molecule has 0 heterocycles. The van der Waals surface area contributed by atoms with Crippen LogP contribution in [0.5, 0.6) is 5.75 Å². The van der Waals surface area contributed by atoms with Gasteiger partial charge in [0, 0.05) is 30.0 Å². The smallest absolute Gasteiger partial charge is 0 e. The van der Waals surface area contributed by atoms with Gasteiger partial charge in [0.05, 0.1) is 20.1 Å². The van der Waals surface area contributed by atoms with Gasteiger partial charge in [-0.05, 0) is 55.4 Å². The first kappa shape index (κ1) is 36.1. The van der Waals surface area contributed by atoms with E-state index in [9.17, 15) is 9.59 Å². The Balaban J connectivity index is 0. The molecule has 1 atom stereocenters. The first-order valence-electron chi connectivity index (χ1n) is 10.6. The zero-order valence-electron chi connectivity index (χ0n) is 20.5. The van der Waals surface area contributed by atoms with Gasteiger partial charge in [0.15, 0.2) is 0 Å². The molecule has 1 saturated carbocycles. The Morgan fingerprint density at radius 2 is 1.51 bits per heavy atom. The van der Waals surface area contributed by atoms with Crippen molar-refractivity contribution in [2.75, 3.05) is 14.2 Å². The van der Waals surface area contributed by atoms with E-state index in [0.717, 1.165) is 23.3 Å². The predicted octanol–water partition coefficient (Wildman–Crippen LogP) is 3.67. The topological polar surface area (TPSA) is 116 Å². The van der Waals surface area contributed by atoms with Crippen molar-refractivity contribution in [3.63, 3.8) is 0 Å². The van der Waals surface area contributed by atoms with E-state index in [-0.39, 0.29) is 23.0 Å². The number of hydrogen-bond acceptors (Lipinski definition) is 4. The summed E-state index contributed by atoms with van der Waals surface area (Å²) in [6, 6.07) is 16.5. The number of carbonyl (C=O) groups excluding carboxylic acids is 2. The van der Waals surface area contributed by atoms with Crippen molar-refractivity contribution in [2.24, 2.45) is 0 Å². The summed E-state index contributed by atoms with van der Waals surface area (Å²) < 4.78 is 32.8. The number of hydrogen-bond donors (Lipinski definition) is 0. The van der Waals surface area contributed by atoms with Gasteiger partial charge in [0.2, 0.25) is 5.91 Å². The van der Waals surface area contributed by atoms with Crippen molar-refractivity contribution in [1.29, 1.82) is 0 Å². The van der Waals surface area contributed by atoms with Gasteiger partial charge in [-0.25, -0.2) is 4.79 Å². The molecular weight excluding hydrogens is 518 g/mol. The Bertz CT molecular complexity index is 938. The first-order valence-corrected chi connectivity index (χ1v) is 10.6. The van der Waals surface area contributed by atoms with Crippen molar-refractivity contribution in [1.82, 2.24) is 4.90 Å². The number of benzene rings is 2. The minimum absolute atomic E-state index is 0. The van der Waals surface area contributed by atoms with Crippen LogP contribution in [0.15, 0.2) is 54.6 Å². The number of rotatable bonds is 8. The molecule has 0 aliphatic heterocycles. The molecule has 1 amide bonds. The summed E-state index contributed by atoms with van der Waals surface area (Å²) in [5.41, 5.74) is 1.89. The van der Waals surface area contributed by atoms with Crippen molar-refractivity contribution in [2.45, 2.75) is 31.8 Å². The van der Waals surface area contributed by atoms with E-state index in [1.165, 1.54) is 7.11 Å². The van der Waals surface area contributed by atoms with Gasteiger partial charge < -0.3 is 14.4 Å². The van der Waals surface area contributed by atoms with Crippen LogP contribution in [-0.4, -0.2) is 37.0 Å². The molecule has 1 aliphatic rings. The summed E-state index contributed by atoms with van der Waals surface area (Å²) in [4.78, 5) is 27.9. The van der Waals surface area contributed by atoms with E-state index in [1.54, 1.807) is 12.0 Å². The molecule has 0 aromatic heterocycles. The zero-order chi connectivity index (χ0) is 27.3. The Kier molecular flexibility index (Phi) is 21.6. The largest absolute Gasteiger partial charge is 0 e. The normalized spacial score (nSPS) is 12.5. The van der Waals surface area contributed by atoms with Crippen LogP contribution in [0.1, 0.15) is 24.0 Å². The van der Waals surface area contributed by atoms with Crippen LogP contribution < -0.4 is 4.74 Å². The summed E-state index contributed by atoms with van der Waals surface area (Å²) >= 11 is 0. The summed E-state index contributed by atoms with van der Waals surface area (Å²) in [6.45, 7) is 13.8. The molecule has 4 radical (unpaired) electrons. The third kappa shape index (κ3) is 12.1. The monoisotopic (exact) mass is 545 g/mol. The van der Waals surface area contributed by atoms with Gasteiger partial charge in [-0.15, -0.1) is 0 Å². The molecule has 1 fully saturated rings. The number of carbonyl (C=O) groups is 2. The maximum absolute atomic E-state index is 13.5. The summed E-state index contributed by atoms with van der Waals surface area (Å²) in [6.07, 6.45) is 7.63. The second-order valence-corrected chi connectivity index (χ2v) is 7.17. The second kappa shape index (κ2) is 22.1. The van der Waals surface area contributed by atoms with Crippen molar-refractivity contribution in [3.8, 4) is 5.75 Å². The maximum atomic E-state index is 13.5. The third-order valence-electron chi connectivity index (χ3n) is 5.18. The SMILES string of the molecule is COC(=O)[C@H](Cc1ccccc1)N(Cc1ccc(OC)cc1)C(=O)[C]1[CH][CH][CH]CC1.[C-]#[O+].[C-]#[O+].[C-]#[O+].[Fe]. The van der Waals surface area contributed by atoms with Crippen LogP contribution in [0.2, 0.25) is 0 Å².